The van der Waals surface area contributed by atoms with Crippen LogP contribution in [0.3, 0.4) is 0 Å². The number of ether oxygens (including phenoxy) is 2. The Balaban J connectivity index is 2.01. The number of nitrogens with zero attached hydrogens (tertiary/aromatic N) is 1. The van der Waals surface area contributed by atoms with Crippen LogP contribution in [0.1, 0.15) is 52.9 Å². The molecule has 3 atom stereocenters. The minimum Gasteiger partial charge on any atom is -0.444 e. The summed E-state index contributed by atoms with van der Waals surface area (Å²) >= 11 is 0. The lowest BCUT2D eigenvalue weighted by Gasteiger charge is -2.42. The van der Waals surface area contributed by atoms with E-state index in [9.17, 15) is 9.90 Å². The van der Waals surface area contributed by atoms with Crippen molar-refractivity contribution >= 4 is 6.09 Å². The fourth-order valence-corrected chi connectivity index (χ4v) is 3.34. The lowest BCUT2D eigenvalue weighted by Crippen LogP contribution is -2.57. The van der Waals surface area contributed by atoms with Crippen molar-refractivity contribution in [1.82, 2.24) is 10.2 Å². The zero-order valence-corrected chi connectivity index (χ0v) is 14.9. The van der Waals surface area contributed by atoms with Crippen LogP contribution in [0, 0.1) is 0 Å². The van der Waals surface area contributed by atoms with Gasteiger partial charge >= 0.3 is 6.09 Å². The summed E-state index contributed by atoms with van der Waals surface area (Å²) < 4.78 is 10.6. The maximum Gasteiger partial charge on any atom is 0.407 e. The van der Waals surface area contributed by atoms with E-state index < -0.39 is 5.60 Å². The fourth-order valence-electron chi connectivity index (χ4n) is 3.34. The molecule has 0 aromatic carbocycles. The van der Waals surface area contributed by atoms with Crippen molar-refractivity contribution in [3.8, 4) is 0 Å². The highest BCUT2D eigenvalue weighted by atomic mass is 16.6. The smallest absolute Gasteiger partial charge is 0.407 e. The Morgan fingerprint density at radius 1 is 1.26 bits per heavy atom. The van der Waals surface area contributed by atoms with Gasteiger partial charge in [0.05, 0.1) is 12.7 Å². The molecule has 2 fully saturated rings. The first-order chi connectivity index (χ1) is 10.8. The van der Waals surface area contributed by atoms with Gasteiger partial charge in [-0.25, -0.2) is 4.79 Å². The highest BCUT2D eigenvalue weighted by molar-refractivity contribution is 5.68. The van der Waals surface area contributed by atoms with Crippen LogP contribution in [-0.4, -0.2) is 66.2 Å². The third-order valence-electron chi connectivity index (χ3n) is 4.49. The van der Waals surface area contributed by atoms with E-state index >= 15 is 0 Å². The molecule has 0 aromatic heterocycles. The maximum absolute atomic E-state index is 12.1. The van der Waals surface area contributed by atoms with Crippen molar-refractivity contribution in [2.45, 2.75) is 82.7 Å². The van der Waals surface area contributed by atoms with E-state index in [1.165, 1.54) is 12.8 Å². The lowest BCUT2D eigenvalue weighted by atomic mass is 9.87. The van der Waals surface area contributed by atoms with Gasteiger partial charge in [0.15, 0.2) is 0 Å². The Hall–Kier alpha value is -0.850. The topological polar surface area (TPSA) is 71.0 Å². The predicted molar refractivity (Wildman–Crippen MR) is 88.4 cm³/mol. The molecule has 6 nitrogen and oxygen atoms in total. The predicted octanol–water partition coefficient (Wildman–Crippen LogP) is 1.90. The van der Waals surface area contributed by atoms with Crippen molar-refractivity contribution in [3.63, 3.8) is 0 Å². The van der Waals surface area contributed by atoms with E-state index in [-0.39, 0.29) is 24.3 Å². The Morgan fingerprint density at radius 2 is 1.96 bits per heavy atom. The second-order valence-electron chi connectivity index (χ2n) is 7.75. The van der Waals surface area contributed by atoms with Crippen LogP contribution in [0.25, 0.3) is 0 Å². The number of rotatable bonds is 6. The van der Waals surface area contributed by atoms with E-state index in [4.69, 9.17) is 9.47 Å². The van der Waals surface area contributed by atoms with Crippen LogP contribution < -0.4 is 5.32 Å². The summed E-state index contributed by atoms with van der Waals surface area (Å²) in [6.45, 7) is 7.10. The molecule has 0 spiro atoms. The number of aliphatic hydroxyl groups excluding tert-OH is 1. The second-order valence-corrected chi connectivity index (χ2v) is 7.75. The number of carbonyl (C=O) groups excluding carboxylic acids is 1. The van der Waals surface area contributed by atoms with Crippen LogP contribution in [-0.2, 0) is 9.47 Å². The van der Waals surface area contributed by atoms with Crippen LogP contribution in [0.4, 0.5) is 4.79 Å². The first kappa shape index (κ1) is 18.5. The number of hydrogen-bond acceptors (Lipinski definition) is 5. The van der Waals surface area contributed by atoms with E-state index in [1.54, 1.807) is 7.11 Å². The number of methoxy groups -OCH3 is 1. The third kappa shape index (κ3) is 5.94. The highest BCUT2D eigenvalue weighted by Gasteiger charge is 2.41. The first-order valence-corrected chi connectivity index (χ1v) is 8.72. The molecule has 134 valence electrons. The summed E-state index contributed by atoms with van der Waals surface area (Å²) in [4.78, 5) is 14.5. The molecular formula is C17H32N2O4. The van der Waals surface area contributed by atoms with Crippen LogP contribution >= 0.6 is 0 Å². The Labute approximate surface area is 139 Å². The standard InChI is InChI=1S/C17H32N2O4/c1-17(2,3)23-16(21)18-14-8-7-13(20)11-15(14)19(9-10-22-4)12-5-6-12/h12-15,20H,5-11H2,1-4H3,(H,18,21). The molecule has 0 aliphatic heterocycles. The normalized spacial score (nSPS) is 28.7. The average molecular weight is 328 g/mol. The van der Waals surface area contributed by atoms with E-state index in [2.05, 4.69) is 10.2 Å². The minimum absolute atomic E-state index is 0.0192. The number of nitrogens with one attached hydrogen (secondary N) is 1. The van der Waals surface area contributed by atoms with Gasteiger partial charge < -0.3 is 19.9 Å². The monoisotopic (exact) mass is 328 g/mol. The molecule has 3 unspecified atom stereocenters. The van der Waals surface area contributed by atoms with Crippen LogP contribution in [0.5, 0.6) is 0 Å². The van der Waals surface area contributed by atoms with Crippen molar-refractivity contribution in [1.29, 1.82) is 0 Å². The molecule has 2 N–H and O–H groups in total. The SMILES string of the molecule is COCCN(C1CC1)C1CC(O)CCC1NC(=O)OC(C)(C)C. The molecule has 0 aromatic rings. The van der Waals surface area contributed by atoms with Gasteiger partial charge in [-0.15, -0.1) is 0 Å². The van der Waals surface area contributed by atoms with Gasteiger partial charge in [0.1, 0.15) is 5.60 Å². The van der Waals surface area contributed by atoms with Crippen molar-refractivity contribution in [2.75, 3.05) is 20.3 Å². The van der Waals surface area contributed by atoms with Crippen LogP contribution in [0.15, 0.2) is 0 Å². The van der Waals surface area contributed by atoms with Gasteiger partial charge in [0, 0.05) is 31.8 Å². The van der Waals surface area contributed by atoms with Crippen molar-refractivity contribution in [2.24, 2.45) is 0 Å². The first-order valence-electron chi connectivity index (χ1n) is 8.72. The van der Waals surface area contributed by atoms with Gasteiger partial charge in [-0.2, -0.15) is 0 Å². The van der Waals surface area contributed by atoms with Gasteiger partial charge in [0.2, 0.25) is 0 Å². The summed E-state index contributed by atoms with van der Waals surface area (Å²) in [6.07, 6.45) is 3.92. The number of aliphatic hydroxyl groups is 1. The molecule has 23 heavy (non-hydrogen) atoms. The summed E-state index contributed by atoms with van der Waals surface area (Å²) in [5, 5.41) is 13.1. The van der Waals surface area contributed by atoms with Gasteiger partial charge in [0.25, 0.3) is 0 Å². The largest absolute Gasteiger partial charge is 0.444 e. The molecule has 2 rings (SSSR count). The number of hydrogen-bond donors (Lipinski definition) is 2. The Bertz CT molecular complexity index is 393. The molecule has 1 amide bonds. The molecule has 2 saturated carbocycles. The highest BCUT2D eigenvalue weighted by Crippen LogP contribution is 2.34. The molecule has 6 heteroatoms. The second kappa shape index (κ2) is 7.81. The van der Waals surface area contributed by atoms with Crippen molar-refractivity contribution < 1.29 is 19.4 Å². The number of alkyl carbamates (subject to hydrolysis) is 1. The van der Waals surface area contributed by atoms with Gasteiger partial charge in [-0.1, -0.05) is 0 Å². The Morgan fingerprint density at radius 3 is 2.52 bits per heavy atom. The van der Waals surface area contributed by atoms with E-state index in [1.807, 2.05) is 20.8 Å². The van der Waals surface area contributed by atoms with Gasteiger partial charge in [-0.05, 0) is 52.9 Å². The van der Waals surface area contributed by atoms with E-state index in [0.717, 1.165) is 19.4 Å². The number of amides is 1. The molecule has 2 aliphatic carbocycles. The van der Waals surface area contributed by atoms with Crippen LogP contribution in [0.2, 0.25) is 0 Å². The molecule has 0 radical (unpaired) electrons. The average Bonchev–Trinajstić information content (AvgIpc) is 3.24. The maximum atomic E-state index is 12.1. The zero-order valence-electron chi connectivity index (χ0n) is 14.9. The quantitative estimate of drug-likeness (QED) is 0.779. The molecule has 2 aliphatic rings. The number of carbonyl (C=O) groups is 1. The summed E-state index contributed by atoms with van der Waals surface area (Å²) in [6, 6.07) is 0.725. The van der Waals surface area contributed by atoms with Gasteiger partial charge in [-0.3, -0.25) is 4.90 Å². The molecular weight excluding hydrogens is 296 g/mol. The summed E-state index contributed by atoms with van der Waals surface area (Å²) in [7, 11) is 1.71. The lowest BCUT2D eigenvalue weighted by molar-refractivity contribution is 0.0137. The molecule has 0 heterocycles. The van der Waals surface area contributed by atoms with E-state index in [0.29, 0.717) is 19.1 Å². The zero-order chi connectivity index (χ0) is 17.0. The summed E-state index contributed by atoms with van der Waals surface area (Å²) in [5.74, 6) is 0. The third-order valence-corrected chi connectivity index (χ3v) is 4.49. The Kier molecular flexibility index (Phi) is 6.28. The molecule has 0 bridgehead atoms. The fraction of sp³-hybridized carbons (Fsp3) is 0.941. The van der Waals surface area contributed by atoms with Crippen molar-refractivity contribution in [3.05, 3.63) is 0 Å². The summed E-state index contributed by atoms with van der Waals surface area (Å²) in [5.41, 5.74) is -0.500. The minimum atomic E-state index is -0.500. The molecule has 0 saturated heterocycles.